The zero-order valence-corrected chi connectivity index (χ0v) is 15.5. The predicted molar refractivity (Wildman–Crippen MR) is 99.9 cm³/mol. The molecule has 1 unspecified atom stereocenters. The number of halogens is 1. The number of imide groups is 1. The summed E-state index contributed by atoms with van der Waals surface area (Å²) in [6, 6.07) is 12.6. The van der Waals surface area contributed by atoms with Gasteiger partial charge in [0.05, 0.1) is 12.2 Å². The molecule has 2 aliphatic rings. The lowest BCUT2D eigenvalue weighted by Gasteiger charge is -2.21. The molecule has 4 amide bonds. The van der Waals surface area contributed by atoms with Crippen molar-refractivity contribution in [1.29, 1.82) is 0 Å². The molecule has 2 N–H and O–H groups in total. The number of urea groups is 1. The summed E-state index contributed by atoms with van der Waals surface area (Å²) in [5.41, 5.74) is 1.39. The van der Waals surface area contributed by atoms with Crippen LogP contribution < -0.4 is 15.5 Å². The largest absolute Gasteiger partial charge is 0.323 e. The van der Waals surface area contributed by atoms with E-state index in [0.717, 1.165) is 14.7 Å². The molecule has 6 nitrogen and oxygen atoms in total. The highest BCUT2D eigenvalue weighted by molar-refractivity contribution is 14.1. The maximum absolute atomic E-state index is 13.2. The molecule has 2 heterocycles. The summed E-state index contributed by atoms with van der Waals surface area (Å²) in [5.74, 6) is -1.06. The lowest BCUT2D eigenvalue weighted by molar-refractivity contribution is -0.134. The maximum atomic E-state index is 13.2. The first kappa shape index (κ1) is 16.1. The second-order valence-corrected chi connectivity index (χ2v) is 7.32. The second-order valence-electron chi connectivity index (χ2n) is 6.16. The van der Waals surface area contributed by atoms with Gasteiger partial charge in [-0.3, -0.25) is 14.9 Å². The van der Waals surface area contributed by atoms with Crippen LogP contribution in [0.2, 0.25) is 0 Å². The van der Waals surface area contributed by atoms with Crippen molar-refractivity contribution in [2.24, 2.45) is 0 Å². The van der Waals surface area contributed by atoms with Gasteiger partial charge in [0.2, 0.25) is 5.54 Å². The zero-order valence-electron chi connectivity index (χ0n) is 13.3. The number of nitrogens with one attached hydrogen (secondary N) is 2. The molecule has 1 saturated heterocycles. The Hall–Kier alpha value is -2.42. The van der Waals surface area contributed by atoms with Gasteiger partial charge in [0, 0.05) is 9.13 Å². The van der Waals surface area contributed by atoms with Gasteiger partial charge in [-0.25, -0.2) is 4.79 Å². The van der Waals surface area contributed by atoms with Gasteiger partial charge in [0.1, 0.15) is 0 Å². The van der Waals surface area contributed by atoms with Gasteiger partial charge in [-0.1, -0.05) is 35.9 Å². The van der Waals surface area contributed by atoms with E-state index >= 15 is 0 Å². The van der Waals surface area contributed by atoms with Gasteiger partial charge in [-0.2, -0.15) is 0 Å². The maximum Gasteiger partial charge on any atom is 0.323 e. The molecule has 2 aliphatic heterocycles. The van der Waals surface area contributed by atoms with Crippen molar-refractivity contribution in [1.82, 2.24) is 10.6 Å². The van der Waals surface area contributed by atoms with E-state index in [2.05, 4.69) is 33.2 Å². The van der Waals surface area contributed by atoms with E-state index in [9.17, 15) is 14.4 Å². The number of benzene rings is 2. The molecule has 25 heavy (non-hydrogen) atoms. The molecular weight excluding hydrogens is 433 g/mol. The average Bonchev–Trinajstić information content (AvgIpc) is 2.99. The van der Waals surface area contributed by atoms with Crippen LogP contribution in [0.5, 0.6) is 0 Å². The van der Waals surface area contributed by atoms with Gasteiger partial charge in [-0.15, -0.1) is 0 Å². The van der Waals surface area contributed by atoms with Crippen LogP contribution in [0.3, 0.4) is 0 Å². The smallest absolute Gasteiger partial charge is 0.312 e. The molecule has 1 fully saturated rings. The van der Waals surface area contributed by atoms with E-state index in [1.807, 2.05) is 43.3 Å². The number of carbonyl (C=O) groups is 3. The van der Waals surface area contributed by atoms with Crippen LogP contribution in [0, 0.1) is 10.5 Å². The van der Waals surface area contributed by atoms with Crippen LogP contribution in [-0.2, 0) is 21.7 Å². The van der Waals surface area contributed by atoms with Crippen molar-refractivity contribution >= 4 is 46.1 Å². The number of hydrogen-bond donors (Lipinski definition) is 2. The standard InChI is InChI=1S/C18H14IN3O3/c1-10-6-7-14-12(8-10)18(15(23)20-17(25)21-18)16(24)22(14)9-11-4-2-3-5-13(11)19/h2-8H,9H2,1H3,(H2,20,21,23,25). The number of rotatable bonds is 2. The summed E-state index contributed by atoms with van der Waals surface area (Å²) in [7, 11) is 0. The van der Waals surface area contributed by atoms with Crippen LogP contribution >= 0.6 is 22.6 Å². The normalized spacial score (nSPS) is 21.5. The van der Waals surface area contributed by atoms with Crippen LogP contribution in [0.15, 0.2) is 42.5 Å². The van der Waals surface area contributed by atoms with E-state index in [1.54, 1.807) is 11.0 Å². The summed E-state index contributed by atoms with van der Waals surface area (Å²) in [5, 5.41) is 4.75. The molecule has 1 atom stereocenters. The number of anilines is 1. The Bertz CT molecular complexity index is 943. The van der Waals surface area contributed by atoms with Gasteiger partial charge in [0.25, 0.3) is 11.8 Å². The molecule has 2 aromatic rings. The third-order valence-electron chi connectivity index (χ3n) is 4.57. The number of hydrogen-bond acceptors (Lipinski definition) is 3. The number of fused-ring (bicyclic) bond motifs is 2. The minimum Gasteiger partial charge on any atom is -0.312 e. The highest BCUT2D eigenvalue weighted by Gasteiger charge is 2.61. The molecular formula is C18H14IN3O3. The minimum absolute atomic E-state index is 0.332. The zero-order chi connectivity index (χ0) is 17.8. The molecule has 7 heteroatoms. The van der Waals surface area contributed by atoms with Crippen molar-refractivity contribution in [3.8, 4) is 0 Å². The Labute approximate surface area is 157 Å². The molecule has 0 aliphatic carbocycles. The second kappa shape index (κ2) is 5.55. The molecule has 1 spiro atoms. The van der Waals surface area contributed by atoms with Crippen LogP contribution in [-0.4, -0.2) is 17.8 Å². The van der Waals surface area contributed by atoms with Crippen molar-refractivity contribution in [2.45, 2.75) is 19.0 Å². The number of amides is 4. The molecule has 0 aromatic heterocycles. The predicted octanol–water partition coefficient (Wildman–Crippen LogP) is 2.18. The van der Waals surface area contributed by atoms with Gasteiger partial charge in [0.15, 0.2) is 0 Å². The van der Waals surface area contributed by atoms with Crippen LogP contribution in [0.1, 0.15) is 16.7 Å². The molecule has 0 bridgehead atoms. The van der Waals surface area contributed by atoms with Crippen molar-refractivity contribution < 1.29 is 14.4 Å². The number of nitrogens with zero attached hydrogens (tertiary/aromatic N) is 1. The first-order chi connectivity index (χ1) is 11.9. The summed E-state index contributed by atoms with van der Waals surface area (Å²) >= 11 is 2.22. The summed E-state index contributed by atoms with van der Waals surface area (Å²) in [4.78, 5) is 39.1. The fraction of sp³-hybridized carbons (Fsp3) is 0.167. The van der Waals surface area contributed by atoms with Gasteiger partial charge in [-0.05, 0) is 47.2 Å². The third-order valence-corrected chi connectivity index (χ3v) is 5.62. The lowest BCUT2D eigenvalue weighted by atomic mass is 9.90. The van der Waals surface area contributed by atoms with E-state index in [-0.39, 0.29) is 0 Å². The van der Waals surface area contributed by atoms with Crippen molar-refractivity contribution in [3.05, 3.63) is 62.7 Å². The quantitative estimate of drug-likeness (QED) is 0.421. The molecule has 4 rings (SSSR count). The monoisotopic (exact) mass is 447 g/mol. The Morgan fingerprint density at radius 1 is 1.12 bits per heavy atom. The van der Waals surface area contributed by atoms with Gasteiger partial charge >= 0.3 is 6.03 Å². The Kier molecular flexibility index (Phi) is 3.57. The fourth-order valence-corrected chi connectivity index (χ4v) is 3.92. The van der Waals surface area contributed by atoms with Crippen molar-refractivity contribution in [3.63, 3.8) is 0 Å². The molecule has 0 radical (unpaired) electrons. The van der Waals surface area contributed by atoms with Crippen LogP contribution in [0.4, 0.5) is 10.5 Å². The Balaban J connectivity index is 1.86. The molecule has 2 aromatic carbocycles. The van der Waals surface area contributed by atoms with E-state index in [4.69, 9.17) is 0 Å². The molecule has 126 valence electrons. The van der Waals surface area contributed by atoms with E-state index in [1.165, 1.54) is 0 Å². The molecule has 0 saturated carbocycles. The van der Waals surface area contributed by atoms with E-state index < -0.39 is 23.4 Å². The third kappa shape index (κ3) is 2.25. The summed E-state index contributed by atoms with van der Waals surface area (Å²) in [6.45, 7) is 2.22. The summed E-state index contributed by atoms with van der Waals surface area (Å²) in [6.07, 6.45) is 0. The Morgan fingerprint density at radius 2 is 1.88 bits per heavy atom. The van der Waals surface area contributed by atoms with Crippen molar-refractivity contribution in [2.75, 3.05) is 4.90 Å². The lowest BCUT2D eigenvalue weighted by Crippen LogP contribution is -2.52. The summed E-state index contributed by atoms with van der Waals surface area (Å²) < 4.78 is 1.03. The fourth-order valence-electron chi connectivity index (χ4n) is 3.36. The van der Waals surface area contributed by atoms with Crippen LogP contribution in [0.25, 0.3) is 0 Å². The first-order valence-corrected chi connectivity index (χ1v) is 8.81. The van der Waals surface area contributed by atoms with E-state index in [0.29, 0.717) is 17.8 Å². The average molecular weight is 447 g/mol. The number of aryl methyl sites for hydroxylation is 1. The topological polar surface area (TPSA) is 78.5 Å². The highest BCUT2D eigenvalue weighted by atomic mass is 127. The first-order valence-electron chi connectivity index (χ1n) is 7.73. The number of carbonyl (C=O) groups excluding carboxylic acids is 3. The highest BCUT2D eigenvalue weighted by Crippen LogP contribution is 2.43. The Morgan fingerprint density at radius 3 is 2.56 bits per heavy atom. The SMILES string of the molecule is Cc1ccc2c(c1)C1(NC(=O)NC1=O)C(=O)N2Cc1ccccc1I. The minimum atomic E-state index is -1.67. The van der Waals surface area contributed by atoms with Gasteiger partial charge < -0.3 is 10.2 Å².